The third-order valence-electron chi connectivity index (χ3n) is 2.25. The molecule has 1 heterocycles. The first kappa shape index (κ1) is 12.6. The van der Waals surface area contributed by atoms with Crippen molar-refractivity contribution in [2.24, 2.45) is 0 Å². The number of cyclic esters (lactones) is 1. The molecule has 1 saturated heterocycles. The Hall–Kier alpha value is -1.49. The molecule has 0 unspecified atom stereocenters. The highest BCUT2D eigenvalue weighted by atomic mass is 35.5. The molecular formula is C10H11ClFNO3. The fourth-order valence-corrected chi connectivity index (χ4v) is 1.47. The number of methoxy groups -OCH3 is 1. The van der Waals surface area contributed by atoms with Crippen LogP contribution in [0, 0.1) is 5.82 Å². The molecule has 88 valence electrons. The summed E-state index contributed by atoms with van der Waals surface area (Å²) in [5.74, 6) is 0.166. The molecule has 1 aromatic rings. The van der Waals surface area contributed by atoms with Gasteiger partial charge >= 0.3 is 6.09 Å². The molecule has 0 aromatic heterocycles. The Kier molecular flexibility index (Phi) is 3.95. The normalized spacial score (nSPS) is 18.4. The van der Waals surface area contributed by atoms with Gasteiger partial charge in [0.2, 0.25) is 0 Å². The van der Waals surface area contributed by atoms with Gasteiger partial charge in [0.1, 0.15) is 18.2 Å². The fourth-order valence-electron chi connectivity index (χ4n) is 1.47. The fraction of sp³-hybridized carbons (Fsp3) is 0.300. The van der Waals surface area contributed by atoms with E-state index in [1.54, 1.807) is 6.07 Å². The number of alkyl carbamates (subject to hydrolysis) is 1. The second-order valence-corrected chi connectivity index (χ2v) is 3.18. The molecule has 1 fully saturated rings. The number of hydrogen-bond acceptors (Lipinski definition) is 3. The smallest absolute Gasteiger partial charge is 0.407 e. The quantitative estimate of drug-likeness (QED) is 0.870. The zero-order valence-corrected chi connectivity index (χ0v) is 9.34. The van der Waals surface area contributed by atoms with Gasteiger partial charge < -0.3 is 14.8 Å². The van der Waals surface area contributed by atoms with Crippen LogP contribution in [0.2, 0.25) is 0 Å². The lowest BCUT2D eigenvalue weighted by Gasteiger charge is -2.10. The van der Waals surface area contributed by atoms with Crippen LogP contribution in [0.5, 0.6) is 5.75 Å². The second-order valence-electron chi connectivity index (χ2n) is 3.18. The van der Waals surface area contributed by atoms with Crippen LogP contribution < -0.4 is 10.1 Å². The summed E-state index contributed by atoms with van der Waals surface area (Å²) in [6, 6.07) is 3.94. The van der Waals surface area contributed by atoms with Crippen molar-refractivity contribution in [2.45, 2.75) is 6.04 Å². The second kappa shape index (κ2) is 5.03. The topological polar surface area (TPSA) is 47.6 Å². The van der Waals surface area contributed by atoms with Crippen LogP contribution in [-0.2, 0) is 4.74 Å². The number of amides is 1. The van der Waals surface area contributed by atoms with Crippen LogP contribution in [0.3, 0.4) is 0 Å². The zero-order chi connectivity index (χ0) is 10.8. The van der Waals surface area contributed by atoms with E-state index < -0.39 is 12.1 Å². The Morgan fingerprint density at radius 1 is 1.56 bits per heavy atom. The summed E-state index contributed by atoms with van der Waals surface area (Å²) in [4.78, 5) is 10.8. The summed E-state index contributed by atoms with van der Waals surface area (Å²) < 4.78 is 23.1. The standard InChI is InChI=1S/C10H10FNO3.ClH/c1-14-6-2-3-8(11)7(4-6)9-5-15-10(13)12-9;/h2-4,9H,5H2,1H3,(H,12,13);1H/t9-;/m0./s1. The number of ether oxygens (including phenoxy) is 2. The van der Waals surface area contributed by atoms with Gasteiger partial charge in [-0.25, -0.2) is 9.18 Å². The average molecular weight is 248 g/mol. The Morgan fingerprint density at radius 2 is 2.31 bits per heavy atom. The number of halogens is 2. The Labute approximate surface area is 98.1 Å². The predicted molar refractivity (Wildman–Crippen MR) is 57.4 cm³/mol. The highest BCUT2D eigenvalue weighted by Gasteiger charge is 2.26. The first-order valence-corrected chi connectivity index (χ1v) is 4.47. The molecule has 0 saturated carbocycles. The molecule has 1 aromatic carbocycles. The molecule has 1 N–H and O–H groups in total. The van der Waals surface area contributed by atoms with Crippen LogP contribution in [0.25, 0.3) is 0 Å². The lowest BCUT2D eigenvalue weighted by atomic mass is 10.1. The number of carbonyl (C=O) groups is 1. The van der Waals surface area contributed by atoms with Crippen LogP contribution in [0.1, 0.15) is 11.6 Å². The number of hydrogen-bond donors (Lipinski definition) is 1. The van der Waals surface area contributed by atoms with Crippen LogP contribution in [-0.4, -0.2) is 19.8 Å². The SMILES string of the molecule is COc1ccc(F)c([C@@H]2COC(=O)N2)c1.Cl. The van der Waals surface area contributed by atoms with E-state index in [1.807, 2.05) is 0 Å². The van der Waals surface area contributed by atoms with Gasteiger partial charge in [-0.1, -0.05) is 0 Å². The molecule has 2 rings (SSSR count). The van der Waals surface area contributed by atoms with Crippen LogP contribution in [0.15, 0.2) is 18.2 Å². The highest BCUT2D eigenvalue weighted by molar-refractivity contribution is 5.85. The van der Waals surface area contributed by atoms with Crippen LogP contribution in [0.4, 0.5) is 9.18 Å². The molecule has 0 bridgehead atoms. The molecule has 1 aliphatic heterocycles. The maximum atomic E-state index is 13.4. The van der Waals surface area contributed by atoms with Crippen molar-refractivity contribution in [2.75, 3.05) is 13.7 Å². The molecule has 0 radical (unpaired) electrons. The lowest BCUT2D eigenvalue weighted by Crippen LogP contribution is -2.19. The number of carbonyl (C=O) groups excluding carboxylic acids is 1. The molecular weight excluding hydrogens is 237 g/mol. The minimum absolute atomic E-state index is 0. The molecule has 0 aliphatic carbocycles. The Balaban J connectivity index is 0.00000128. The number of nitrogens with one attached hydrogen (secondary N) is 1. The van der Waals surface area contributed by atoms with Gasteiger partial charge in [-0.3, -0.25) is 0 Å². The largest absolute Gasteiger partial charge is 0.497 e. The van der Waals surface area contributed by atoms with E-state index in [1.165, 1.54) is 19.2 Å². The summed E-state index contributed by atoms with van der Waals surface area (Å²) in [5.41, 5.74) is 0.375. The molecule has 1 aliphatic rings. The maximum Gasteiger partial charge on any atom is 0.407 e. The number of rotatable bonds is 2. The lowest BCUT2D eigenvalue weighted by molar-refractivity contribution is 0.176. The van der Waals surface area contributed by atoms with E-state index >= 15 is 0 Å². The van der Waals surface area contributed by atoms with E-state index in [-0.39, 0.29) is 24.8 Å². The van der Waals surface area contributed by atoms with Crippen molar-refractivity contribution in [3.05, 3.63) is 29.6 Å². The van der Waals surface area contributed by atoms with E-state index in [2.05, 4.69) is 5.32 Å². The van der Waals surface area contributed by atoms with Gasteiger partial charge in [0, 0.05) is 5.56 Å². The molecule has 0 spiro atoms. The first-order chi connectivity index (χ1) is 7.20. The maximum absolute atomic E-state index is 13.4. The third kappa shape index (κ3) is 2.36. The molecule has 16 heavy (non-hydrogen) atoms. The van der Waals surface area contributed by atoms with Crippen molar-refractivity contribution >= 4 is 18.5 Å². The van der Waals surface area contributed by atoms with Gasteiger partial charge in [-0.2, -0.15) is 0 Å². The summed E-state index contributed by atoms with van der Waals surface area (Å²) in [6.45, 7) is 0.142. The van der Waals surface area contributed by atoms with Gasteiger partial charge in [0.25, 0.3) is 0 Å². The van der Waals surface area contributed by atoms with Gasteiger partial charge in [-0.05, 0) is 18.2 Å². The van der Waals surface area contributed by atoms with Gasteiger partial charge in [0.15, 0.2) is 0 Å². The van der Waals surface area contributed by atoms with Gasteiger partial charge in [0.05, 0.1) is 13.2 Å². The van der Waals surface area contributed by atoms with Gasteiger partial charge in [-0.15, -0.1) is 12.4 Å². The highest BCUT2D eigenvalue weighted by Crippen LogP contribution is 2.25. The van der Waals surface area contributed by atoms with E-state index in [4.69, 9.17) is 9.47 Å². The minimum atomic E-state index is -0.526. The van der Waals surface area contributed by atoms with Crippen molar-refractivity contribution in [1.29, 1.82) is 0 Å². The van der Waals surface area contributed by atoms with Crippen molar-refractivity contribution in [3.63, 3.8) is 0 Å². The molecule has 1 amide bonds. The zero-order valence-electron chi connectivity index (χ0n) is 8.53. The molecule has 6 heteroatoms. The monoisotopic (exact) mass is 247 g/mol. The molecule has 1 atom stereocenters. The number of benzene rings is 1. The van der Waals surface area contributed by atoms with Crippen LogP contribution >= 0.6 is 12.4 Å². The van der Waals surface area contributed by atoms with E-state index in [9.17, 15) is 9.18 Å². The van der Waals surface area contributed by atoms with Crippen molar-refractivity contribution < 1.29 is 18.7 Å². The van der Waals surface area contributed by atoms with E-state index in [0.29, 0.717) is 11.3 Å². The first-order valence-electron chi connectivity index (χ1n) is 4.47. The molecule has 4 nitrogen and oxygen atoms in total. The third-order valence-corrected chi connectivity index (χ3v) is 2.25. The Bertz CT molecular complexity index is 400. The summed E-state index contributed by atoms with van der Waals surface area (Å²) in [6.07, 6.45) is -0.526. The summed E-state index contributed by atoms with van der Waals surface area (Å²) in [7, 11) is 1.50. The summed E-state index contributed by atoms with van der Waals surface area (Å²) >= 11 is 0. The Morgan fingerprint density at radius 3 is 2.88 bits per heavy atom. The van der Waals surface area contributed by atoms with Crippen molar-refractivity contribution in [3.8, 4) is 5.75 Å². The summed E-state index contributed by atoms with van der Waals surface area (Å²) in [5, 5.41) is 2.51. The van der Waals surface area contributed by atoms with Crippen molar-refractivity contribution in [1.82, 2.24) is 5.32 Å². The average Bonchev–Trinajstić information content (AvgIpc) is 2.65. The predicted octanol–water partition coefficient (Wildman–Crippen LogP) is 2.04. The van der Waals surface area contributed by atoms with E-state index in [0.717, 1.165) is 0 Å². The minimum Gasteiger partial charge on any atom is -0.497 e.